The van der Waals surface area contributed by atoms with E-state index in [4.69, 9.17) is 9.47 Å². The number of nitrogens with one attached hydrogen (secondary N) is 1. The minimum atomic E-state index is 0.208. The summed E-state index contributed by atoms with van der Waals surface area (Å²) in [7, 11) is 0. The SMILES string of the molecule is O=C1CNCCN(c2ccc3c(c2)OCO3)C1. The van der Waals surface area contributed by atoms with Gasteiger partial charge >= 0.3 is 0 Å². The summed E-state index contributed by atoms with van der Waals surface area (Å²) in [5.74, 6) is 1.74. The lowest BCUT2D eigenvalue weighted by Gasteiger charge is -2.21. The molecule has 3 rings (SSSR count). The van der Waals surface area contributed by atoms with Crippen LogP contribution in [0.25, 0.3) is 0 Å². The Hall–Kier alpha value is -1.75. The third-order valence-corrected chi connectivity index (χ3v) is 2.97. The number of nitrogens with zero attached hydrogens (tertiary/aromatic N) is 1. The van der Waals surface area contributed by atoms with Crippen LogP contribution in [0, 0.1) is 0 Å². The highest BCUT2D eigenvalue weighted by atomic mass is 16.7. The number of anilines is 1. The minimum absolute atomic E-state index is 0.208. The fourth-order valence-electron chi connectivity index (χ4n) is 2.09. The van der Waals surface area contributed by atoms with Gasteiger partial charge in [-0.1, -0.05) is 0 Å². The van der Waals surface area contributed by atoms with Crippen molar-refractivity contribution in [2.75, 3.05) is 37.9 Å². The summed E-state index contributed by atoms with van der Waals surface area (Å²) in [6.45, 7) is 2.83. The topological polar surface area (TPSA) is 50.8 Å². The van der Waals surface area contributed by atoms with Crippen molar-refractivity contribution in [3.63, 3.8) is 0 Å². The number of fused-ring (bicyclic) bond motifs is 1. The molecule has 2 heterocycles. The van der Waals surface area contributed by atoms with Crippen molar-refractivity contribution in [1.29, 1.82) is 0 Å². The van der Waals surface area contributed by atoms with Crippen molar-refractivity contribution < 1.29 is 14.3 Å². The van der Waals surface area contributed by atoms with E-state index in [1.165, 1.54) is 0 Å². The van der Waals surface area contributed by atoms with Gasteiger partial charge in [0.15, 0.2) is 17.3 Å². The van der Waals surface area contributed by atoms with Gasteiger partial charge in [0.1, 0.15) is 0 Å². The molecule has 0 saturated carbocycles. The normalized spacial score (nSPS) is 19.3. The lowest BCUT2D eigenvalue weighted by atomic mass is 10.2. The summed E-state index contributed by atoms with van der Waals surface area (Å²) >= 11 is 0. The largest absolute Gasteiger partial charge is 0.454 e. The number of hydrogen-bond acceptors (Lipinski definition) is 5. The minimum Gasteiger partial charge on any atom is -0.454 e. The molecule has 0 bridgehead atoms. The van der Waals surface area contributed by atoms with Crippen LogP contribution < -0.4 is 19.7 Å². The van der Waals surface area contributed by atoms with Crippen molar-refractivity contribution in [3.05, 3.63) is 18.2 Å². The van der Waals surface area contributed by atoms with Crippen LogP contribution in [-0.2, 0) is 4.79 Å². The van der Waals surface area contributed by atoms with E-state index in [9.17, 15) is 4.79 Å². The van der Waals surface area contributed by atoms with Crippen LogP contribution in [0.5, 0.6) is 11.5 Å². The summed E-state index contributed by atoms with van der Waals surface area (Å²) in [4.78, 5) is 13.6. The van der Waals surface area contributed by atoms with Crippen molar-refractivity contribution in [3.8, 4) is 11.5 Å². The van der Waals surface area contributed by atoms with Gasteiger partial charge in [-0.25, -0.2) is 0 Å². The Kier molecular flexibility index (Phi) is 2.60. The van der Waals surface area contributed by atoms with Crippen molar-refractivity contribution in [2.24, 2.45) is 0 Å². The second kappa shape index (κ2) is 4.25. The van der Waals surface area contributed by atoms with Crippen LogP contribution in [0.2, 0.25) is 0 Å². The first-order valence-corrected chi connectivity index (χ1v) is 5.70. The molecule has 1 saturated heterocycles. The van der Waals surface area contributed by atoms with Gasteiger partial charge in [-0.05, 0) is 12.1 Å². The van der Waals surface area contributed by atoms with Crippen molar-refractivity contribution in [2.45, 2.75) is 0 Å². The fourth-order valence-corrected chi connectivity index (χ4v) is 2.09. The van der Waals surface area contributed by atoms with Crippen LogP contribution in [0.3, 0.4) is 0 Å². The number of ketones is 1. The predicted molar refractivity (Wildman–Crippen MR) is 62.7 cm³/mol. The number of carbonyl (C=O) groups is 1. The van der Waals surface area contributed by atoms with E-state index in [1.807, 2.05) is 18.2 Å². The molecule has 1 N–H and O–H groups in total. The van der Waals surface area contributed by atoms with Crippen LogP contribution in [0.15, 0.2) is 18.2 Å². The van der Waals surface area contributed by atoms with Gasteiger partial charge in [-0.2, -0.15) is 0 Å². The number of rotatable bonds is 1. The Morgan fingerprint density at radius 2 is 2.12 bits per heavy atom. The van der Waals surface area contributed by atoms with Crippen molar-refractivity contribution in [1.82, 2.24) is 5.32 Å². The number of ether oxygens (including phenoxy) is 2. The van der Waals surface area contributed by atoms with Gasteiger partial charge in [-0.15, -0.1) is 0 Å². The van der Waals surface area contributed by atoms with Gasteiger partial charge in [0.2, 0.25) is 6.79 Å². The highest BCUT2D eigenvalue weighted by Gasteiger charge is 2.19. The summed E-state index contributed by atoms with van der Waals surface area (Å²) < 4.78 is 10.6. The number of Topliss-reactive ketones (excluding diaryl/α,β-unsaturated/α-hetero) is 1. The summed E-state index contributed by atoms with van der Waals surface area (Å²) in [5.41, 5.74) is 1.01. The third-order valence-electron chi connectivity index (χ3n) is 2.97. The molecule has 1 aromatic carbocycles. The molecule has 90 valence electrons. The van der Waals surface area contributed by atoms with Crippen LogP contribution in [0.1, 0.15) is 0 Å². The molecular formula is C12H14N2O3. The zero-order valence-electron chi connectivity index (χ0n) is 9.44. The molecule has 0 spiro atoms. The lowest BCUT2D eigenvalue weighted by Crippen LogP contribution is -2.29. The Morgan fingerprint density at radius 3 is 3.06 bits per heavy atom. The lowest BCUT2D eigenvalue weighted by molar-refractivity contribution is -0.116. The molecule has 2 aliphatic heterocycles. The van der Waals surface area contributed by atoms with Crippen LogP contribution >= 0.6 is 0 Å². The third kappa shape index (κ3) is 2.06. The quantitative estimate of drug-likeness (QED) is 0.762. The second-order valence-electron chi connectivity index (χ2n) is 4.17. The van der Waals surface area contributed by atoms with E-state index >= 15 is 0 Å². The van der Waals surface area contributed by atoms with E-state index in [0.717, 1.165) is 30.3 Å². The highest BCUT2D eigenvalue weighted by Crippen LogP contribution is 2.35. The monoisotopic (exact) mass is 234 g/mol. The Bertz CT molecular complexity index is 447. The van der Waals surface area contributed by atoms with E-state index in [1.54, 1.807) is 0 Å². The van der Waals surface area contributed by atoms with E-state index in [-0.39, 0.29) is 12.6 Å². The molecule has 5 heteroatoms. The van der Waals surface area contributed by atoms with Gasteiger partial charge in [0, 0.05) is 24.8 Å². The maximum Gasteiger partial charge on any atom is 0.231 e. The molecule has 1 aromatic rings. The maximum absolute atomic E-state index is 11.5. The average molecular weight is 234 g/mol. The molecule has 0 amide bonds. The number of carbonyl (C=O) groups excluding carboxylic acids is 1. The van der Waals surface area contributed by atoms with Gasteiger partial charge in [-0.3, -0.25) is 4.79 Å². The molecule has 17 heavy (non-hydrogen) atoms. The molecule has 5 nitrogen and oxygen atoms in total. The van der Waals surface area contributed by atoms with Gasteiger partial charge in [0.05, 0.1) is 13.1 Å². The molecule has 0 atom stereocenters. The molecule has 0 radical (unpaired) electrons. The summed E-state index contributed by atoms with van der Waals surface area (Å²) in [5, 5.41) is 3.10. The Labute approximate surface area is 99.3 Å². The molecule has 0 aromatic heterocycles. The van der Waals surface area contributed by atoms with Crippen LogP contribution in [-0.4, -0.2) is 38.8 Å². The highest BCUT2D eigenvalue weighted by molar-refractivity contribution is 5.85. The first kappa shape index (κ1) is 10.4. The molecule has 0 aliphatic carbocycles. The van der Waals surface area contributed by atoms with E-state index in [2.05, 4.69) is 10.2 Å². The van der Waals surface area contributed by atoms with Crippen molar-refractivity contribution >= 4 is 11.5 Å². The molecule has 0 unspecified atom stereocenters. The zero-order valence-corrected chi connectivity index (χ0v) is 9.44. The Balaban J connectivity index is 1.85. The summed E-state index contributed by atoms with van der Waals surface area (Å²) in [6.07, 6.45) is 0. The number of hydrogen-bond donors (Lipinski definition) is 1. The second-order valence-corrected chi connectivity index (χ2v) is 4.17. The van der Waals surface area contributed by atoms with E-state index in [0.29, 0.717) is 13.1 Å². The smallest absolute Gasteiger partial charge is 0.231 e. The number of benzene rings is 1. The molecule has 2 aliphatic rings. The molecular weight excluding hydrogens is 220 g/mol. The maximum atomic E-state index is 11.5. The van der Waals surface area contributed by atoms with Gasteiger partial charge in [0.25, 0.3) is 0 Å². The van der Waals surface area contributed by atoms with E-state index < -0.39 is 0 Å². The molecule has 1 fully saturated rings. The first-order valence-electron chi connectivity index (χ1n) is 5.70. The van der Waals surface area contributed by atoms with Gasteiger partial charge < -0.3 is 19.7 Å². The predicted octanol–water partition coefficient (Wildman–Crippen LogP) is 0.394. The Morgan fingerprint density at radius 1 is 1.24 bits per heavy atom. The average Bonchev–Trinajstić information content (AvgIpc) is 2.69. The first-order chi connectivity index (χ1) is 8.33. The summed E-state index contributed by atoms with van der Waals surface area (Å²) in [6, 6.07) is 5.79. The zero-order chi connectivity index (χ0) is 11.7. The fraction of sp³-hybridized carbons (Fsp3) is 0.417. The van der Waals surface area contributed by atoms with Crippen LogP contribution in [0.4, 0.5) is 5.69 Å². The standard InChI is InChI=1S/C12H14N2O3/c15-10-6-13-3-4-14(7-10)9-1-2-11-12(5-9)17-8-16-11/h1-2,5,13H,3-4,6-8H2.